The maximum absolute atomic E-state index is 6.31. The molecule has 2 N–H and O–H groups in total. The maximum atomic E-state index is 6.31. The van der Waals surface area contributed by atoms with Crippen molar-refractivity contribution in [2.75, 3.05) is 0 Å². The highest BCUT2D eigenvalue weighted by Gasteiger charge is 2.44. The van der Waals surface area contributed by atoms with Gasteiger partial charge in [0.25, 0.3) is 0 Å². The van der Waals surface area contributed by atoms with Crippen LogP contribution >= 0.6 is 0 Å². The number of para-hydroxylation sites is 1. The molecule has 92 valence electrons. The van der Waals surface area contributed by atoms with Gasteiger partial charge >= 0.3 is 0 Å². The standard InChI is InChI=1S/C15H21NO/c1-2-11-7-8-15(9-11)10-13(16)12-5-3-4-6-14(12)17-15/h3-6,11,13H,2,7-10,16H2,1H3/t11?,13-,15?/m1/s1. The predicted molar refractivity (Wildman–Crippen MR) is 69.0 cm³/mol. The van der Waals surface area contributed by atoms with Crippen molar-refractivity contribution in [2.24, 2.45) is 11.7 Å². The van der Waals surface area contributed by atoms with E-state index in [1.54, 1.807) is 0 Å². The fourth-order valence-electron chi connectivity index (χ4n) is 3.49. The summed E-state index contributed by atoms with van der Waals surface area (Å²) in [5, 5.41) is 0. The minimum Gasteiger partial charge on any atom is -0.487 e. The van der Waals surface area contributed by atoms with Crippen LogP contribution in [0.5, 0.6) is 5.75 Å². The third-order valence-corrected chi connectivity index (χ3v) is 4.48. The van der Waals surface area contributed by atoms with Crippen LogP contribution in [-0.2, 0) is 0 Å². The molecule has 2 aliphatic rings. The Kier molecular flexibility index (Phi) is 2.62. The van der Waals surface area contributed by atoms with Gasteiger partial charge in [-0.2, -0.15) is 0 Å². The van der Waals surface area contributed by atoms with E-state index in [1.807, 2.05) is 12.1 Å². The summed E-state index contributed by atoms with van der Waals surface area (Å²) in [6.07, 6.45) is 5.91. The van der Waals surface area contributed by atoms with Crippen LogP contribution in [0, 0.1) is 5.92 Å². The first-order valence-electron chi connectivity index (χ1n) is 6.76. The fourth-order valence-corrected chi connectivity index (χ4v) is 3.49. The average molecular weight is 231 g/mol. The molecule has 17 heavy (non-hydrogen) atoms. The summed E-state index contributed by atoms with van der Waals surface area (Å²) < 4.78 is 6.30. The molecule has 3 atom stereocenters. The SMILES string of the molecule is CCC1CCC2(C1)C[C@@H](N)c1ccccc1O2. The van der Waals surface area contributed by atoms with Crippen LogP contribution in [0.25, 0.3) is 0 Å². The van der Waals surface area contributed by atoms with Crippen molar-refractivity contribution in [3.8, 4) is 5.75 Å². The lowest BCUT2D eigenvalue weighted by Crippen LogP contribution is -2.40. The van der Waals surface area contributed by atoms with E-state index in [0.717, 1.165) is 18.1 Å². The van der Waals surface area contributed by atoms with E-state index < -0.39 is 0 Å². The Balaban J connectivity index is 1.89. The molecular formula is C15H21NO. The molecule has 1 aliphatic heterocycles. The van der Waals surface area contributed by atoms with Crippen molar-refractivity contribution in [3.63, 3.8) is 0 Å². The van der Waals surface area contributed by atoms with Crippen molar-refractivity contribution in [3.05, 3.63) is 29.8 Å². The van der Waals surface area contributed by atoms with E-state index in [9.17, 15) is 0 Å². The van der Waals surface area contributed by atoms with Gasteiger partial charge in [-0.1, -0.05) is 31.5 Å². The summed E-state index contributed by atoms with van der Waals surface area (Å²) in [5.74, 6) is 1.84. The molecule has 2 unspecified atom stereocenters. The van der Waals surface area contributed by atoms with E-state index in [4.69, 9.17) is 10.5 Å². The topological polar surface area (TPSA) is 35.2 Å². The summed E-state index contributed by atoms with van der Waals surface area (Å²) in [5.41, 5.74) is 7.52. The molecular weight excluding hydrogens is 210 g/mol. The molecule has 1 saturated carbocycles. The second kappa shape index (κ2) is 4.02. The third kappa shape index (κ3) is 1.85. The average Bonchev–Trinajstić information content (AvgIpc) is 2.72. The van der Waals surface area contributed by atoms with Crippen molar-refractivity contribution in [1.82, 2.24) is 0 Å². The Morgan fingerprint density at radius 1 is 1.35 bits per heavy atom. The minimum absolute atomic E-state index is 0.0362. The van der Waals surface area contributed by atoms with E-state index >= 15 is 0 Å². The summed E-state index contributed by atoms with van der Waals surface area (Å²) in [6, 6.07) is 8.39. The van der Waals surface area contributed by atoms with Crippen LogP contribution in [0.15, 0.2) is 24.3 Å². The van der Waals surface area contributed by atoms with Gasteiger partial charge in [0.1, 0.15) is 11.4 Å². The molecule has 0 aromatic heterocycles. The van der Waals surface area contributed by atoms with Crippen molar-refractivity contribution < 1.29 is 4.74 Å². The first-order chi connectivity index (χ1) is 8.22. The number of hydrogen-bond acceptors (Lipinski definition) is 2. The highest BCUT2D eigenvalue weighted by atomic mass is 16.5. The lowest BCUT2D eigenvalue weighted by molar-refractivity contribution is 0.0385. The Morgan fingerprint density at radius 2 is 2.18 bits per heavy atom. The van der Waals surface area contributed by atoms with Gasteiger partial charge in [-0.15, -0.1) is 0 Å². The summed E-state index contributed by atoms with van der Waals surface area (Å²) in [4.78, 5) is 0. The maximum Gasteiger partial charge on any atom is 0.124 e. The summed E-state index contributed by atoms with van der Waals surface area (Å²) >= 11 is 0. The van der Waals surface area contributed by atoms with Crippen LogP contribution in [0.1, 0.15) is 50.6 Å². The smallest absolute Gasteiger partial charge is 0.124 e. The molecule has 3 rings (SSSR count). The molecule has 1 aromatic carbocycles. The molecule has 2 heteroatoms. The third-order valence-electron chi connectivity index (χ3n) is 4.48. The molecule has 0 saturated heterocycles. The first kappa shape index (κ1) is 11.1. The largest absolute Gasteiger partial charge is 0.487 e. The van der Waals surface area contributed by atoms with Gasteiger partial charge in [-0.3, -0.25) is 0 Å². The van der Waals surface area contributed by atoms with Crippen LogP contribution in [-0.4, -0.2) is 5.60 Å². The zero-order valence-corrected chi connectivity index (χ0v) is 10.5. The van der Waals surface area contributed by atoms with Gasteiger partial charge in [0, 0.05) is 18.0 Å². The number of ether oxygens (including phenoxy) is 1. The van der Waals surface area contributed by atoms with Gasteiger partial charge in [-0.05, 0) is 31.2 Å². The number of hydrogen-bond donors (Lipinski definition) is 1. The van der Waals surface area contributed by atoms with Gasteiger partial charge in [0.2, 0.25) is 0 Å². The van der Waals surface area contributed by atoms with Crippen molar-refractivity contribution >= 4 is 0 Å². The fraction of sp³-hybridized carbons (Fsp3) is 0.600. The number of benzene rings is 1. The molecule has 1 aliphatic carbocycles. The molecule has 0 amide bonds. The number of rotatable bonds is 1. The Morgan fingerprint density at radius 3 is 2.94 bits per heavy atom. The van der Waals surface area contributed by atoms with E-state index in [1.165, 1.54) is 31.2 Å². The number of nitrogens with two attached hydrogens (primary N) is 1. The zero-order chi connectivity index (χ0) is 11.9. The van der Waals surface area contributed by atoms with E-state index in [0.29, 0.717) is 0 Å². The van der Waals surface area contributed by atoms with Gasteiger partial charge in [-0.25, -0.2) is 0 Å². The van der Waals surface area contributed by atoms with Crippen LogP contribution in [0.3, 0.4) is 0 Å². The molecule has 1 fully saturated rings. The first-order valence-corrected chi connectivity index (χ1v) is 6.76. The minimum atomic E-state index is 0.0362. The van der Waals surface area contributed by atoms with Gasteiger partial charge < -0.3 is 10.5 Å². The quantitative estimate of drug-likeness (QED) is 0.803. The number of fused-ring (bicyclic) bond motifs is 1. The Bertz CT molecular complexity index is 417. The highest BCUT2D eigenvalue weighted by molar-refractivity contribution is 5.38. The van der Waals surface area contributed by atoms with Crippen LogP contribution in [0.4, 0.5) is 0 Å². The van der Waals surface area contributed by atoms with Gasteiger partial charge in [0.15, 0.2) is 0 Å². The van der Waals surface area contributed by atoms with E-state index in [-0.39, 0.29) is 11.6 Å². The van der Waals surface area contributed by atoms with Crippen LogP contribution in [0.2, 0.25) is 0 Å². The van der Waals surface area contributed by atoms with E-state index in [2.05, 4.69) is 19.1 Å². The molecule has 0 radical (unpaired) electrons. The molecule has 2 nitrogen and oxygen atoms in total. The Labute approximate surface area is 103 Å². The lowest BCUT2D eigenvalue weighted by Gasteiger charge is -2.39. The highest BCUT2D eigenvalue weighted by Crippen LogP contribution is 2.48. The van der Waals surface area contributed by atoms with Crippen molar-refractivity contribution in [1.29, 1.82) is 0 Å². The molecule has 1 spiro atoms. The molecule has 0 bridgehead atoms. The molecule has 1 heterocycles. The summed E-state index contributed by atoms with van der Waals surface area (Å²) in [6.45, 7) is 2.28. The van der Waals surface area contributed by atoms with Gasteiger partial charge in [0.05, 0.1) is 0 Å². The lowest BCUT2D eigenvalue weighted by atomic mass is 9.85. The Hall–Kier alpha value is -1.02. The monoisotopic (exact) mass is 231 g/mol. The second-order valence-electron chi connectivity index (χ2n) is 5.65. The predicted octanol–water partition coefficient (Wildman–Crippen LogP) is 3.42. The van der Waals surface area contributed by atoms with Crippen molar-refractivity contribution in [2.45, 2.75) is 50.7 Å². The van der Waals surface area contributed by atoms with Crippen LogP contribution < -0.4 is 10.5 Å². The normalized spacial score (nSPS) is 35.6. The molecule has 1 aromatic rings. The second-order valence-corrected chi connectivity index (χ2v) is 5.65. The summed E-state index contributed by atoms with van der Waals surface area (Å²) in [7, 11) is 0. The zero-order valence-electron chi connectivity index (χ0n) is 10.5.